The predicted octanol–water partition coefficient (Wildman–Crippen LogP) is 3.28. The van der Waals surface area contributed by atoms with Gasteiger partial charge in [-0.15, -0.1) is 17.9 Å². The Balaban J connectivity index is 1.32. The Kier molecular flexibility index (Phi) is 5.01. The molecule has 1 fully saturated rings. The second kappa shape index (κ2) is 7.56. The van der Waals surface area contributed by atoms with E-state index in [-0.39, 0.29) is 0 Å². The molecule has 5 nitrogen and oxygen atoms in total. The topological polar surface area (TPSA) is 46.6 Å². The molecule has 1 aromatic carbocycles. The Hall–Kier alpha value is -1.89. The summed E-state index contributed by atoms with van der Waals surface area (Å²) in [4.78, 5) is 7.22. The SMILES string of the molecule is C=CCN1CCC(NCc2csc(-c3ccc4c(c3)OCO4)n2)CC1. The highest BCUT2D eigenvalue weighted by Crippen LogP contribution is 2.36. The molecule has 1 saturated heterocycles. The number of hydrogen-bond donors (Lipinski definition) is 1. The molecular weight excluding hydrogens is 334 g/mol. The number of hydrogen-bond acceptors (Lipinski definition) is 6. The summed E-state index contributed by atoms with van der Waals surface area (Å²) in [5.74, 6) is 1.61. The van der Waals surface area contributed by atoms with E-state index in [1.165, 1.54) is 12.8 Å². The van der Waals surface area contributed by atoms with E-state index in [0.29, 0.717) is 12.8 Å². The fourth-order valence-electron chi connectivity index (χ4n) is 3.30. The van der Waals surface area contributed by atoms with Gasteiger partial charge in [-0.3, -0.25) is 4.90 Å². The van der Waals surface area contributed by atoms with Crippen LogP contribution in [0.2, 0.25) is 0 Å². The van der Waals surface area contributed by atoms with E-state index in [9.17, 15) is 0 Å². The maximum absolute atomic E-state index is 5.45. The van der Waals surface area contributed by atoms with Crippen LogP contribution in [0, 0.1) is 0 Å². The van der Waals surface area contributed by atoms with Crippen LogP contribution in [0.3, 0.4) is 0 Å². The molecule has 3 heterocycles. The fourth-order valence-corrected chi connectivity index (χ4v) is 4.12. The standard InChI is InChI=1S/C19H23N3O2S/c1-2-7-22-8-5-15(6-9-22)20-11-16-12-25-19(21-16)14-3-4-17-18(10-14)24-13-23-17/h2-4,10,12,15,20H,1,5-9,11,13H2. The maximum atomic E-state index is 5.45. The molecule has 0 bridgehead atoms. The first-order valence-corrected chi connectivity index (χ1v) is 9.61. The van der Waals surface area contributed by atoms with Crippen molar-refractivity contribution in [3.05, 3.63) is 41.9 Å². The Labute approximate surface area is 152 Å². The smallest absolute Gasteiger partial charge is 0.231 e. The number of piperidine rings is 1. The molecule has 0 atom stereocenters. The summed E-state index contributed by atoms with van der Waals surface area (Å²) in [6.45, 7) is 8.23. The van der Waals surface area contributed by atoms with Gasteiger partial charge in [0, 0.05) is 30.1 Å². The van der Waals surface area contributed by atoms with Crippen molar-refractivity contribution in [2.75, 3.05) is 26.4 Å². The third kappa shape index (κ3) is 3.86. The van der Waals surface area contributed by atoms with E-state index >= 15 is 0 Å². The number of aromatic nitrogens is 1. The summed E-state index contributed by atoms with van der Waals surface area (Å²) in [6, 6.07) is 6.58. The third-order valence-corrected chi connectivity index (χ3v) is 5.66. The van der Waals surface area contributed by atoms with Gasteiger partial charge >= 0.3 is 0 Å². The van der Waals surface area contributed by atoms with Gasteiger partial charge in [-0.05, 0) is 44.1 Å². The molecule has 2 aliphatic heterocycles. The van der Waals surface area contributed by atoms with Gasteiger partial charge in [-0.25, -0.2) is 4.98 Å². The van der Waals surface area contributed by atoms with Crippen molar-refractivity contribution in [3.8, 4) is 22.1 Å². The van der Waals surface area contributed by atoms with Crippen LogP contribution in [0.5, 0.6) is 11.5 Å². The van der Waals surface area contributed by atoms with Crippen molar-refractivity contribution in [1.82, 2.24) is 15.2 Å². The maximum Gasteiger partial charge on any atom is 0.231 e. The summed E-state index contributed by atoms with van der Waals surface area (Å²) >= 11 is 1.67. The monoisotopic (exact) mass is 357 g/mol. The van der Waals surface area contributed by atoms with Crippen molar-refractivity contribution in [2.24, 2.45) is 0 Å². The largest absolute Gasteiger partial charge is 0.454 e. The molecule has 1 N–H and O–H groups in total. The molecule has 0 saturated carbocycles. The van der Waals surface area contributed by atoms with Crippen LogP contribution in [0.1, 0.15) is 18.5 Å². The van der Waals surface area contributed by atoms with Gasteiger partial charge in [0.15, 0.2) is 11.5 Å². The highest BCUT2D eigenvalue weighted by molar-refractivity contribution is 7.13. The molecule has 0 aliphatic carbocycles. The molecule has 0 amide bonds. The number of nitrogens with one attached hydrogen (secondary N) is 1. The van der Waals surface area contributed by atoms with Crippen molar-refractivity contribution in [1.29, 1.82) is 0 Å². The minimum atomic E-state index is 0.303. The predicted molar refractivity (Wildman–Crippen MR) is 100 cm³/mol. The number of likely N-dealkylation sites (tertiary alicyclic amines) is 1. The summed E-state index contributed by atoms with van der Waals surface area (Å²) in [5.41, 5.74) is 2.18. The lowest BCUT2D eigenvalue weighted by Crippen LogP contribution is -2.42. The van der Waals surface area contributed by atoms with E-state index in [4.69, 9.17) is 14.5 Å². The average molecular weight is 357 g/mol. The number of benzene rings is 1. The van der Waals surface area contributed by atoms with E-state index in [1.54, 1.807) is 11.3 Å². The Bertz CT molecular complexity index is 738. The van der Waals surface area contributed by atoms with Gasteiger partial charge in [-0.2, -0.15) is 0 Å². The normalized spacial score (nSPS) is 17.8. The fraction of sp³-hybridized carbons (Fsp3) is 0.421. The molecule has 2 aliphatic rings. The zero-order valence-electron chi connectivity index (χ0n) is 14.2. The average Bonchev–Trinajstić information content (AvgIpc) is 3.30. The van der Waals surface area contributed by atoms with Crippen molar-refractivity contribution in [2.45, 2.75) is 25.4 Å². The number of ether oxygens (including phenoxy) is 2. The Morgan fingerprint density at radius 1 is 1.28 bits per heavy atom. The number of thiazole rings is 1. The number of rotatable bonds is 6. The van der Waals surface area contributed by atoms with Gasteiger partial charge in [0.25, 0.3) is 0 Å². The molecule has 1 aromatic heterocycles. The summed E-state index contributed by atoms with van der Waals surface area (Å²) < 4.78 is 10.8. The molecule has 0 spiro atoms. The molecular formula is C19H23N3O2S. The Morgan fingerprint density at radius 3 is 2.96 bits per heavy atom. The van der Waals surface area contributed by atoms with Gasteiger partial charge in [0.1, 0.15) is 5.01 Å². The highest BCUT2D eigenvalue weighted by Gasteiger charge is 2.18. The number of fused-ring (bicyclic) bond motifs is 1. The minimum absolute atomic E-state index is 0.303. The van der Waals surface area contributed by atoms with Crippen LogP contribution in [-0.4, -0.2) is 42.4 Å². The van der Waals surface area contributed by atoms with Crippen LogP contribution in [0.15, 0.2) is 36.2 Å². The molecule has 0 radical (unpaired) electrons. The molecule has 25 heavy (non-hydrogen) atoms. The lowest BCUT2D eigenvalue weighted by molar-refractivity contribution is 0.174. The van der Waals surface area contributed by atoms with Gasteiger partial charge in [0.05, 0.1) is 5.69 Å². The summed E-state index contributed by atoms with van der Waals surface area (Å²) in [5, 5.41) is 6.82. The van der Waals surface area contributed by atoms with Crippen LogP contribution in [-0.2, 0) is 6.54 Å². The van der Waals surface area contributed by atoms with Crippen LogP contribution >= 0.6 is 11.3 Å². The second-order valence-electron chi connectivity index (χ2n) is 6.46. The van der Waals surface area contributed by atoms with Gasteiger partial charge < -0.3 is 14.8 Å². The lowest BCUT2D eigenvalue weighted by atomic mass is 10.1. The van der Waals surface area contributed by atoms with Gasteiger partial charge in [-0.1, -0.05) is 6.08 Å². The number of nitrogens with zero attached hydrogens (tertiary/aromatic N) is 2. The third-order valence-electron chi connectivity index (χ3n) is 4.72. The quantitative estimate of drug-likeness (QED) is 0.804. The van der Waals surface area contributed by atoms with Crippen molar-refractivity contribution in [3.63, 3.8) is 0 Å². The molecule has 4 rings (SSSR count). The van der Waals surface area contributed by atoms with Crippen LogP contribution < -0.4 is 14.8 Å². The highest BCUT2D eigenvalue weighted by atomic mass is 32.1. The molecule has 2 aromatic rings. The molecule has 0 unspecified atom stereocenters. The minimum Gasteiger partial charge on any atom is -0.454 e. The second-order valence-corrected chi connectivity index (χ2v) is 7.31. The summed E-state index contributed by atoms with van der Waals surface area (Å²) in [6.07, 6.45) is 4.36. The van der Waals surface area contributed by atoms with Gasteiger partial charge in [0.2, 0.25) is 6.79 Å². The Morgan fingerprint density at radius 2 is 2.12 bits per heavy atom. The van der Waals surface area contributed by atoms with E-state index in [0.717, 1.165) is 53.9 Å². The van der Waals surface area contributed by atoms with Crippen molar-refractivity contribution >= 4 is 11.3 Å². The van der Waals surface area contributed by atoms with Crippen molar-refractivity contribution < 1.29 is 9.47 Å². The van der Waals surface area contributed by atoms with Crippen LogP contribution in [0.4, 0.5) is 0 Å². The van der Waals surface area contributed by atoms with E-state index in [1.807, 2.05) is 24.3 Å². The lowest BCUT2D eigenvalue weighted by Gasteiger charge is -2.31. The first kappa shape index (κ1) is 16.6. The molecule has 132 valence electrons. The zero-order chi connectivity index (χ0) is 17.1. The van der Waals surface area contributed by atoms with Crippen LogP contribution in [0.25, 0.3) is 10.6 Å². The van der Waals surface area contributed by atoms with E-state index in [2.05, 4.69) is 22.2 Å². The zero-order valence-corrected chi connectivity index (χ0v) is 15.1. The first-order chi connectivity index (χ1) is 12.3. The van der Waals surface area contributed by atoms with E-state index < -0.39 is 0 Å². The first-order valence-electron chi connectivity index (χ1n) is 8.73. The summed E-state index contributed by atoms with van der Waals surface area (Å²) in [7, 11) is 0. The molecule has 6 heteroatoms.